The molecule has 1 amide bonds. The van der Waals surface area contributed by atoms with E-state index < -0.39 is 6.29 Å². The minimum absolute atomic E-state index is 0.218. The van der Waals surface area contributed by atoms with Crippen LogP contribution in [0.4, 0.5) is 0 Å². The number of hydrogen-bond acceptors (Lipinski definition) is 5. The lowest BCUT2D eigenvalue weighted by Gasteiger charge is -2.19. The molecule has 1 atom stereocenters. The molecule has 0 aliphatic carbocycles. The Morgan fingerprint density at radius 3 is 2.74 bits per heavy atom. The molecule has 6 nitrogen and oxygen atoms in total. The van der Waals surface area contributed by atoms with E-state index in [1.807, 2.05) is 32.0 Å². The first-order chi connectivity index (χ1) is 11.2. The minimum atomic E-state index is -0.487. The Morgan fingerprint density at radius 1 is 1.39 bits per heavy atom. The van der Waals surface area contributed by atoms with Crippen molar-refractivity contribution in [3.63, 3.8) is 0 Å². The summed E-state index contributed by atoms with van der Waals surface area (Å²) in [6.45, 7) is 7.49. The van der Waals surface area contributed by atoms with Crippen LogP contribution in [-0.4, -0.2) is 29.6 Å². The summed E-state index contributed by atoms with van der Waals surface area (Å²) in [4.78, 5) is 24.3. The van der Waals surface area contributed by atoms with E-state index in [2.05, 4.69) is 25.6 Å². The number of rotatable bonds is 4. The van der Waals surface area contributed by atoms with Crippen LogP contribution in [0.15, 0.2) is 52.4 Å². The summed E-state index contributed by atoms with van der Waals surface area (Å²) >= 11 is 0. The van der Waals surface area contributed by atoms with Crippen LogP contribution in [0.1, 0.15) is 33.4 Å². The fourth-order valence-corrected chi connectivity index (χ4v) is 1.64. The van der Waals surface area contributed by atoms with Gasteiger partial charge in [0.05, 0.1) is 5.69 Å². The Bertz CT molecular complexity index is 617. The van der Waals surface area contributed by atoms with Crippen molar-refractivity contribution in [2.45, 2.75) is 34.0 Å². The van der Waals surface area contributed by atoms with Crippen molar-refractivity contribution >= 4 is 23.9 Å². The van der Waals surface area contributed by atoms with Gasteiger partial charge in [0.2, 0.25) is 0 Å². The quantitative estimate of drug-likeness (QED) is 0.662. The molecule has 0 aromatic carbocycles. The minimum Gasteiger partial charge on any atom is -0.352 e. The molecule has 6 heteroatoms. The van der Waals surface area contributed by atoms with Crippen LogP contribution in [-0.2, 0) is 4.79 Å². The fourth-order valence-electron chi connectivity index (χ4n) is 1.64. The van der Waals surface area contributed by atoms with E-state index in [1.54, 1.807) is 38.7 Å². The van der Waals surface area contributed by atoms with E-state index in [0.29, 0.717) is 5.57 Å². The van der Waals surface area contributed by atoms with Crippen molar-refractivity contribution in [2.24, 2.45) is 9.98 Å². The zero-order valence-corrected chi connectivity index (χ0v) is 13.9. The Labute approximate surface area is 137 Å². The van der Waals surface area contributed by atoms with Gasteiger partial charge in [0, 0.05) is 42.2 Å². The van der Waals surface area contributed by atoms with E-state index in [1.165, 1.54) is 6.20 Å². The average Bonchev–Trinajstić information content (AvgIpc) is 2.62. The molecule has 0 spiro atoms. The van der Waals surface area contributed by atoms with Gasteiger partial charge in [-0.2, -0.15) is 0 Å². The number of allylic oxidation sites excluding steroid dienone is 1. The molecular formula is C17H23N5O. The SMILES string of the molecule is CC.CC=N/C=C(\C)C(=O)NC1N=CC(c2ccccn2)=CN1. The summed E-state index contributed by atoms with van der Waals surface area (Å²) in [6.07, 6.45) is 7.84. The second kappa shape index (κ2) is 10.0. The van der Waals surface area contributed by atoms with E-state index in [4.69, 9.17) is 0 Å². The lowest BCUT2D eigenvalue weighted by Crippen LogP contribution is -2.43. The molecule has 0 bridgehead atoms. The molecule has 23 heavy (non-hydrogen) atoms. The summed E-state index contributed by atoms with van der Waals surface area (Å²) in [5.41, 5.74) is 2.21. The van der Waals surface area contributed by atoms with Gasteiger partial charge in [0.15, 0.2) is 6.29 Å². The van der Waals surface area contributed by atoms with Crippen LogP contribution < -0.4 is 10.6 Å². The molecule has 1 aromatic rings. The average molecular weight is 313 g/mol. The van der Waals surface area contributed by atoms with Crippen molar-refractivity contribution in [3.8, 4) is 0 Å². The lowest BCUT2D eigenvalue weighted by atomic mass is 10.2. The Balaban J connectivity index is 0.00000127. The van der Waals surface area contributed by atoms with Gasteiger partial charge in [-0.25, -0.2) is 4.99 Å². The Hall–Kier alpha value is -2.76. The maximum atomic E-state index is 11.9. The van der Waals surface area contributed by atoms with Crippen LogP contribution in [0.5, 0.6) is 0 Å². The second-order valence-corrected chi connectivity index (χ2v) is 4.35. The van der Waals surface area contributed by atoms with Crippen LogP contribution in [0, 0.1) is 0 Å². The topological polar surface area (TPSA) is 78.7 Å². The maximum Gasteiger partial charge on any atom is 0.251 e. The van der Waals surface area contributed by atoms with E-state index in [9.17, 15) is 4.79 Å². The Morgan fingerprint density at radius 2 is 2.17 bits per heavy atom. The predicted octanol–water partition coefficient (Wildman–Crippen LogP) is 2.52. The number of nitrogens with one attached hydrogen (secondary N) is 2. The van der Waals surface area contributed by atoms with Crippen LogP contribution in [0.2, 0.25) is 0 Å². The molecule has 2 heterocycles. The van der Waals surface area contributed by atoms with E-state index in [0.717, 1.165) is 11.3 Å². The number of amides is 1. The number of carbonyl (C=O) groups is 1. The van der Waals surface area contributed by atoms with E-state index in [-0.39, 0.29) is 5.91 Å². The molecule has 0 saturated heterocycles. The van der Waals surface area contributed by atoms with Gasteiger partial charge >= 0.3 is 0 Å². The zero-order chi connectivity index (χ0) is 17.1. The highest BCUT2D eigenvalue weighted by Gasteiger charge is 2.13. The zero-order valence-electron chi connectivity index (χ0n) is 13.9. The lowest BCUT2D eigenvalue weighted by molar-refractivity contribution is -0.118. The summed E-state index contributed by atoms with van der Waals surface area (Å²) < 4.78 is 0. The van der Waals surface area contributed by atoms with Crippen molar-refractivity contribution in [2.75, 3.05) is 0 Å². The third-order valence-electron chi connectivity index (χ3n) is 2.76. The van der Waals surface area contributed by atoms with Gasteiger partial charge < -0.3 is 10.6 Å². The van der Waals surface area contributed by atoms with Crippen LogP contribution >= 0.6 is 0 Å². The molecule has 0 fully saturated rings. The number of aliphatic imine (C=N–C) groups is 2. The molecule has 1 aromatic heterocycles. The molecule has 0 saturated carbocycles. The molecule has 2 N–H and O–H groups in total. The third kappa shape index (κ3) is 5.86. The van der Waals surface area contributed by atoms with Crippen molar-refractivity contribution in [3.05, 3.63) is 48.1 Å². The van der Waals surface area contributed by atoms with Gasteiger partial charge in [0.1, 0.15) is 0 Å². The second-order valence-electron chi connectivity index (χ2n) is 4.35. The van der Waals surface area contributed by atoms with E-state index >= 15 is 0 Å². The highest BCUT2D eigenvalue weighted by molar-refractivity contribution is 6.09. The van der Waals surface area contributed by atoms with Crippen molar-refractivity contribution in [1.29, 1.82) is 0 Å². The highest BCUT2D eigenvalue weighted by Crippen LogP contribution is 2.10. The van der Waals surface area contributed by atoms with Crippen LogP contribution in [0.3, 0.4) is 0 Å². The first kappa shape index (κ1) is 18.3. The summed E-state index contributed by atoms with van der Waals surface area (Å²) in [5, 5.41) is 5.76. The van der Waals surface area contributed by atoms with Gasteiger partial charge in [-0.15, -0.1) is 0 Å². The standard InChI is InChI=1S/C15H17N5O.C2H6/c1-3-16-8-11(2)14(21)20-15-18-9-12(10-19-15)13-6-4-5-7-17-13;1-2/h3-10,15,18H,1-2H3,(H,20,21);1-2H3/b11-8+,16-3?;. The summed E-state index contributed by atoms with van der Waals surface area (Å²) in [6, 6.07) is 5.66. The van der Waals surface area contributed by atoms with Gasteiger partial charge in [-0.1, -0.05) is 19.9 Å². The predicted molar refractivity (Wildman–Crippen MR) is 95.0 cm³/mol. The smallest absolute Gasteiger partial charge is 0.251 e. The summed E-state index contributed by atoms with van der Waals surface area (Å²) in [7, 11) is 0. The first-order valence-corrected chi connectivity index (χ1v) is 7.57. The molecular weight excluding hydrogens is 290 g/mol. The molecule has 1 unspecified atom stereocenters. The fraction of sp³-hybridized carbons (Fsp3) is 0.294. The highest BCUT2D eigenvalue weighted by atomic mass is 16.2. The van der Waals surface area contributed by atoms with Gasteiger partial charge in [-0.3, -0.25) is 14.8 Å². The monoisotopic (exact) mass is 313 g/mol. The van der Waals surface area contributed by atoms with Gasteiger partial charge in [0.25, 0.3) is 5.91 Å². The molecule has 1 aliphatic rings. The number of hydrogen-bond donors (Lipinski definition) is 2. The first-order valence-electron chi connectivity index (χ1n) is 7.57. The molecule has 1 aliphatic heterocycles. The van der Waals surface area contributed by atoms with Crippen molar-refractivity contribution in [1.82, 2.24) is 15.6 Å². The largest absolute Gasteiger partial charge is 0.352 e. The molecule has 0 radical (unpaired) electrons. The summed E-state index contributed by atoms with van der Waals surface area (Å²) in [5.74, 6) is -0.218. The number of pyridine rings is 1. The molecule has 122 valence electrons. The van der Waals surface area contributed by atoms with Crippen molar-refractivity contribution < 1.29 is 4.79 Å². The molecule has 2 rings (SSSR count). The Kier molecular flexibility index (Phi) is 7.99. The maximum absolute atomic E-state index is 11.9. The number of aromatic nitrogens is 1. The van der Waals surface area contributed by atoms with Crippen LogP contribution in [0.25, 0.3) is 5.57 Å². The number of carbonyl (C=O) groups excluding carboxylic acids is 1. The normalized spacial score (nSPS) is 17.0. The van der Waals surface area contributed by atoms with Gasteiger partial charge in [-0.05, 0) is 26.0 Å². The number of nitrogens with zero attached hydrogens (tertiary/aromatic N) is 3. The third-order valence-corrected chi connectivity index (χ3v) is 2.76.